The van der Waals surface area contributed by atoms with E-state index < -0.39 is 0 Å². The van der Waals surface area contributed by atoms with Gasteiger partial charge < -0.3 is 14.7 Å². The summed E-state index contributed by atoms with van der Waals surface area (Å²) < 4.78 is 5.50. The second-order valence-electron chi connectivity index (χ2n) is 6.98. The number of phenolic OH excluding ortho intramolecular Hbond substituents is 1. The van der Waals surface area contributed by atoms with E-state index in [1.165, 1.54) is 0 Å². The van der Waals surface area contributed by atoms with Crippen LogP contribution in [0.2, 0.25) is 0 Å². The Morgan fingerprint density at radius 1 is 1.07 bits per heavy atom. The molecule has 0 saturated carbocycles. The van der Waals surface area contributed by atoms with E-state index in [1.54, 1.807) is 19.4 Å². The highest BCUT2D eigenvalue weighted by atomic mass is 16.5. The number of phenols is 1. The van der Waals surface area contributed by atoms with Gasteiger partial charge in [-0.25, -0.2) is 4.98 Å². The van der Waals surface area contributed by atoms with E-state index in [0.29, 0.717) is 17.9 Å². The van der Waals surface area contributed by atoms with E-state index in [2.05, 4.69) is 21.2 Å². The lowest BCUT2D eigenvalue weighted by atomic mass is 10.0. The predicted molar refractivity (Wildman–Crippen MR) is 110 cm³/mol. The molecule has 0 amide bonds. The Labute approximate surface area is 163 Å². The average molecular weight is 374 g/mol. The SMILES string of the molecule is COc1ccccc1-c1[nH]nc2ncc(-c3ccc(O)c(CN(C)C)c3)cc12. The van der Waals surface area contributed by atoms with Crippen LogP contribution >= 0.6 is 0 Å². The molecule has 0 saturated heterocycles. The third-order valence-corrected chi connectivity index (χ3v) is 4.69. The van der Waals surface area contributed by atoms with Crippen molar-refractivity contribution in [1.29, 1.82) is 0 Å². The molecule has 0 radical (unpaired) electrons. The zero-order valence-electron chi connectivity index (χ0n) is 16.1. The number of ether oxygens (including phenoxy) is 1. The van der Waals surface area contributed by atoms with Crippen LogP contribution in [0.1, 0.15) is 5.56 Å². The molecule has 0 unspecified atom stereocenters. The van der Waals surface area contributed by atoms with Gasteiger partial charge in [0.2, 0.25) is 0 Å². The van der Waals surface area contributed by atoms with E-state index in [-0.39, 0.29) is 0 Å². The smallest absolute Gasteiger partial charge is 0.181 e. The lowest BCUT2D eigenvalue weighted by Crippen LogP contribution is -2.10. The Kier molecular flexibility index (Phi) is 4.71. The number of pyridine rings is 1. The molecule has 0 bridgehead atoms. The van der Waals surface area contributed by atoms with Gasteiger partial charge in [0, 0.05) is 34.8 Å². The molecule has 2 N–H and O–H groups in total. The monoisotopic (exact) mass is 374 g/mol. The number of aromatic nitrogens is 3. The van der Waals surface area contributed by atoms with Crippen LogP contribution in [-0.4, -0.2) is 46.4 Å². The fraction of sp³-hybridized carbons (Fsp3) is 0.182. The maximum Gasteiger partial charge on any atom is 0.181 e. The third-order valence-electron chi connectivity index (χ3n) is 4.69. The Bertz CT molecular complexity index is 1130. The van der Waals surface area contributed by atoms with Crippen molar-refractivity contribution >= 4 is 11.0 Å². The zero-order chi connectivity index (χ0) is 19.7. The Balaban J connectivity index is 1.83. The van der Waals surface area contributed by atoms with Gasteiger partial charge in [-0.05, 0) is 50.0 Å². The van der Waals surface area contributed by atoms with Crippen molar-refractivity contribution in [3.8, 4) is 33.9 Å². The van der Waals surface area contributed by atoms with Gasteiger partial charge in [-0.2, -0.15) is 5.10 Å². The van der Waals surface area contributed by atoms with Crippen LogP contribution in [0.4, 0.5) is 0 Å². The molecule has 0 atom stereocenters. The topological polar surface area (TPSA) is 74.3 Å². The van der Waals surface area contributed by atoms with Gasteiger partial charge in [-0.15, -0.1) is 0 Å². The van der Waals surface area contributed by atoms with Crippen LogP contribution in [0.5, 0.6) is 11.5 Å². The van der Waals surface area contributed by atoms with Gasteiger partial charge >= 0.3 is 0 Å². The number of aromatic hydroxyl groups is 1. The number of para-hydroxylation sites is 1. The highest BCUT2D eigenvalue weighted by molar-refractivity contribution is 5.94. The number of fused-ring (bicyclic) bond motifs is 1. The number of hydrogen-bond acceptors (Lipinski definition) is 5. The maximum absolute atomic E-state index is 10.1. The van der Waals surface area contributed by atoms with Crippen molar-refractivity contribution < 1.29 is 9.84 Å². The second-order valence-corrected chi connectivity index (χ2v) is 6.98. The first kappa shape index (κ1) is 18.0. The predicted octanol–water partition coefficient (Wildman–Crippen LogP) is 4.07. The van der Waals surface area contributed by atoms with Crippen LogP contribution in [0.15, 0.2) is 54.7 Å². The molecule has 142 valence electrons. The van der Waals surface area contributed by atoms with E-state index >= 15 is 0 Å². The number of nitrogens with zero attached hydrogens (tertiary/aromatic N) is 3. The van der Waals surface area contributed by atoms with Crippen molar-refractivity contribution in [3.05, 3.63) is 60.3 Å². The van der Waals surface area contributed by atoms with Crippen LogP contribution in [0.3, 0.4) is 0 Å². The van der Waals surface area contributed by atoms with Gasteiger partial charge in [-0.1, -0.05) is 18.2 Å². The molecule has 4 rings (SSSR count). The lowest BCUT2D eigenvalue weighted by Gasteiger charge is -2.13. The molecule has 6 heteroatoms. The summed E-state index contributed by atoms with van der Waals surface area (Å²) in [5.74, 6) is 1.07. The first-order valence-corrected chi connectivity index (χ1v) is 9.01. The Morgan fingerprint density at radius 2 is 1.89 bits per heavy atom. The highest BCUT2D eigenvalue weighted by Crippen LogP contribution is 2.35. The van der Waals surface area contributed by atoms with Crippen molar-refractivity contribution in [2.24, 2.45) is 0 Å². The number of benzene rings is 2. The van der Waals surface area contributed by atoms with Crippen molar-refractivity contribution in [2.45, 2.75) is 6.54 Å². The summed E-state index contributed by atoms with van der Waals surface area (Å²) in [7, 11) is 5.61. The number of nitrogens with one attached hydrogen (secondary N) is 1. The molecule has 2 aromatic carbocycles. The Morgan fingerprint density at radius 3 is 2.68 bits per heavy atom. The Hall–Kier alpha value is -3.38. The first-order chi connectivity index (χ1) is 13.6. The van der Waals surface area contributed by atoms with Crippen LogP contribution in [0.25, 0.3) is 33.4 Å². The minimum atomic E-state index is 0.296. The standard InChI is InChI=1S/C22H22N4O2/c1-26(2)13-16-10-14(8-9-19(16)27)15-11-18-21(24-25-22(18)23-12-15)17-6-4-5-7-20(17)28-3/h4-12,27H,13H2,1-3H3,(H,23,24,25). The van der Waals surface area contributed by atoms with E-state index in [1.807, 2.05) is 55.4 Å². The third kappa shape index (κ3) is 3.30. The largest absolute Gasteiger partial charge is 0.508 e. The lowest BCUT2D eigenvalue weighted by molar-refractivity contribution is 0.386. The minimum Gasteiger partial charge on any atom is -0.508 e. The highest BCUT2D eigenvalue weighted by Gasteiger charge is 2.14. The zero-order valence-corrected chi connectivity index (χ0v) is 16.1. The number of H-pyrrole nitrogens is 1. The summed E-state index contributed by atoms with van der Waals surface area (Å²) in [5.41, 5.74) is 5.29. The van der Waals surface area contributed by atoms with Crippen LogP contribution in [-0.2, 0) is 6.54 Å². The molecule has 2 heterocycles. The minimum absolute atomic E-state index is 0.296. The molecular formula is C22H22N4O2. The molecule has 0 aliphatic heterocycles. The molecule has 0 aliphatic carbocycles. The number of rotatable bonds is 5. The number of aromatic amines is 1. The van der Waals surface area contributed by atoms with Crippen LogP contribution in [0, 0.1) is 0 Å². The molecule has 6 nitrogen and oxygen atoms in total. The quantitative estimate of drug-likeness (QED) is 0.551. The van der Waals surface area contributed by atoms with Crippen LogP contribution < -0.4 is 4.74 Å². The molecule has 0 spiro atoms. The first-order valence-electron chi connectivity index (χ1n) is 9.01. The molecular weight excluding hydrogens is 352 g/mol. The van der Waals surface area contributed by atoms with Gasteiger partial charge in [0.15, 0.2) is 5.65 Å². The van der Waals surface area contributed by atoms with Gasteiger partial charge in [0.25, 0.3) is 0 Å². The van der Waals surface area contributed by atoms with Gasteiger partial charge in [0.05, 0.1) is 12.8 Å². The normalized spacial score (nSPS) is 11.3. The molecule has 4 aromatic rings. The maximum atomic E-state index is 10.1. The summed E-state index contributed by atoms with van der Waals surface area (Å²) >= 11 is 0. The van der Waals surface area contributed by atoms with Crippen molar-refractivity contribution in [2.75, 3.05) is 21.2 Å². The summed E-state index contributed by atoms with van der Waals surface area (Å²) in [4.78, 5) is 6.54. The molecule has 28 heavy (non-hydrogen) atoms. The fourth-order valence-corrected chi connectivity index (χ4v) is 3.35. The second kappa shape index (κ2) is 7.32. The van der Waals surface area contributed by atoms with E-state index in [4.69, 9.17) is 4.74 Å². The van der Waals surface area contributed by atoms with Crippen molar-refractivity contribution in [3.63, 3.8) is 0 Å². The van der Waals surface area contributed by atoms with Gasteiger partial charge in [-0.3, -0.25) is 5.10 Å². The summed E-state index contributed by atoms with van der Waals surface area (Å²) in [6, 6.07) is 15.5. The number of hydrogen-bond donors (Lipinski definition) is 2. The molecule has 0 fully saturated rings. The fourth-order valence-electron chi connectivity index (χ4n) is 3.35. The van der Waals surface area contributed by atoms with Gasteiger partial charge in [0.1, 0.15) is 11.5 Å². The number of methoxy groups -OCH3 is 1. The molecule has 0 aliphatic rings. The summed E-state index contributed by atoms with van der Waals surface area (Å²) in [6.07, 6.45) is 1.81. The van der Waals surface area contributed by atoms with E-state index in [0.717, 1.165) is 39.1 Å². The van der Waals surface area contributed by atoms with E-state index in [9.17, 15) is 5.11 Å². The van der Waals surface area contributed by atoms with Crippen molar-refractivity contribution in [1.82, 2.24) is 20.1 Å². The average Bonchev–Trinajstić information content (AvgIpc) is 3.12. The summed E-state index contributed by atoms with van der Waals surface area (Å²) in [6.45, 7) is 0.660. The molecule has 2 aromatic heterocycles. The summed E-state index contributed by atoms with van der Waals surface area (Å²) in [5, 5.41) is 18.5.